The van der Waals surface area contributed by atoms with Crippen molar-refractivity contribution in [1.29, 1.82) is 0 Å². The molecular formula is C23H28O7Si. The maximum atomic E-state index is 11.6. The Morgan fingerprint density at radius 2 is 1.55 bits per heavy atom. The van der Waals surface area contributed by atoms with Crippen LogP contribution in [0.4, 0.5) is 4.79 Å². The zero-order valence-corrected chi connectivity index (χ0v) is 18.8. The lowest BCUT2D eigenvalue weighted by Gasteiger charge is -2.44. The Labute approximate surface area is 182 Å². The summed E-state index contributed by atoms with van der Waals surface area (Å²) in [6, 6.07) is 19.7. The minimum absolute atomic E-state index is 0.201. The molecule has 2 aromatic rings. The quantitative estimate of drug-likeness (QED) is 0.378. The van der Waals surface area contributed by atoms with Gasteiger partial charge in [0.15, 0.2) is 18.5 Å². The number of hydrogen-bond acceptors (Lipinski definition) is 7. The highest BCUT2D eigenvalue weighted by Crippen LogP contribution is 2.37. The first-order valence-corrected chi connectivity index (χ1v) is 12.0. The molecular weight excluding hydrogens is 416 g/mol. The van der Waals surface area contributed by atoms with E-state index in [0.29, 0.717) is 6.29 Å². The Morgan fingerprint density at radius 1 is 1.03 bits per heavy atom. The third-order valence-electron chi connectivity index (χ3n) is 5.54. The van der Waals surface area contributed by atoms with Crippen LogP contribution in [0.3, 0.4) is 0 Å². The molecule has 0 bridgehead atoms. The highest BCUT2D eigenvalue weighted by atomic mass is 28.4. The number of ether oxygens (including phenoxy) is 2. The molecule has 0 spiro atoms. The van der Waals surface area contributed by atoms with E-state index >= 15 is 0 Å². The molecule has 0 radical (unpaired) electrons. The maximum absolute atomic E-state index is 11.6. The van der Waals surface area contributed by atoms with Crippen molar-refractivity contribution in [3.05, 3.63) is 60.7 Å². The van der Waals surface area contributed by atoms with Crippen molar-refractivity contribution < 1.29 is 33.7 Å². The molecule has 2 N–H and O–H groups in total. The Balaban J connectivity index is 1.96. The zero-order valence-electron chi connectivity index (χ0n) is 17.8. The van der Waals surface area contributed by atoms with Gasteiger partial charge in [-0.05, 0) is 15.4 Å². The Bertz CT molecular complexity index is 842. The third kappa shape index (κ3) is 4.57. The number of rotatable bonds is 7. The van der Waals surface area contributed by atoms with E-state index in [2.05, 4.69) is 25.5 Å². The smallest absolute Gasteiger partial charge is 0.425 e. The van der Waals surface area contributed by atoms with Crippen LogP contribution in [0.2, 0.25) is 5.04 Å². The number of carbonyl (C=O) groups excluding carboxylic acids is 2. The van der Waals surface area contributed by atoms with Crippen molar-refractivity contribution in [3.63, 3.8) is 0 Å². The first-order chi connectivity index (χ1) is 14.7. The lowest BCUT2D eigenvalue weighted by molar-refractivity contribution is -0.172. The Kier molecular flexibility index (Phi) is 6.95. The molecule has 1 heterocycles. The fourth-order valence-corrected chi connectivity index (χ4v) is 8.63. The molecule has 31 heavy (non-hydrogen) atoms. The first kappa shape index (κ1) is 23.1. The fraction of sp³-hybridized carbons (Fsp3) is 0.391. The van der Waals surface area contributed by atoms with Crippen molar-refractivity contribution in [3.8, 4) is 0 Å². The van der Waals surface area contributed by atoms with Crippen LogP contribution in [0.15, 0.2) is 60.7 Å². The minimum Gasteiger partial charge on any atom is -0.425 e. The van der Waals surface area contributed by atoms with Gasteiger partial charge in [0.05, 0.1) is 6.61 Å². The van der Waals surface area contributed by atoms with Crippen LogP contribution in [0.25, 0.3) is 0 Å². The molecule has 8 heteroatoms. The normalized spacial score (nSPS) is 22.9. The van der Waals surface area contributed by atoms with Gasteiger partial charge in [-0.1, -0.05) is 81.4 Å². The Morgan fingerprint density at radius 3 is 2.00 bits per heavy atom. The van der Waals surface area contributed by atoms with Crippen molar-refractivity contribution in [2.75, 3.05) is 6.61 Å². The van der Waals surface area contributed by atoms with E-state index in [4.69, 9.17) is 9.16 Å². The van der Waals surface area contributed by atoms with Crippen LogP contribution in [0.1, 0.15) is 20.8 Å². The molecule has 1 aliphatic heterocycles. The number of cyclic esters (lactones) is 2. The van der Waals surface area contributed by atoms with Gasteiger partial charge in [0.2, 0.25) is 0 Å². The summed E-state index contributed by atoms with van der Waals surface area (Å²) in [5.41, 5.74) is 0. The van der Waals surface area contributed by atoms with E-state index in [9.17, 15) is 19.8 Å². The van der Waals surface area contributed by atoms with Crippen molar-refractivity contribution in [1.82, 2.24) is 0 Å². The first-order valence-electron chi connectivity index (χ1n) is 10.1. The highest BCUT2D eigenvalue weighted by molar-refractivity contribution is 6.99. The molecule has 2 aromatic carbocycles. The number of hydrogen-bond donors (Lipinski definition) is 2. The number of aldehydes is 1. The van der Waals surface area contributed by atoms with Gasteiger partial charge < -0.3 is 24.1 Å². The summed E-state index contributed by atoms with van der Waals surface area (Å²) in [7, 11) is -2.92. The standard InChI is InChI=1S/C23H28O7Si/c1-23(2,3)31(16-10-6-4-7-11-16,17-12-8-5-9-13-17)28-15-18(25)21-20(26)19(14-24)29-22(27)30-21/h4-14,18-21,25-26H,15H2,1-3H3/t18-,19-,20-,21+/m1/s1. The predicted octanol–water partition coefficient (Wildman–Crippen LogP) is 1.39. The predicted molar refractivity (Wildman–Crippen MR) is 117 cm³/mol. The summed E-state index contributed by atoms with van der Waals surface area (Å²) in [5.74, 6) is 0. The molecule has 3 rings (SSSR count). The molecule has 4 atom stereocenters. The van der Waals surface area contributed by atoms with Crippen molar-refractivity contribution in [2.45, 2.75) is 50.2 Å². The minimum atomic E-state index is -2.92. The molecule has 1 fully saturated rings. The van der Waals surface area contributed by atoms with Gasteiger partial charge in [0.25, 0.3) is 8.32 Å². The van der Waals surface area contributed by atoms with E-state index in [1.807, 2.05) is 60.7 Å². The monoisotopic (exact) mass is 444 g/mol. The average molecular weight is 445 g/mol. The molecule has 0 aliphatic carbocycles. The summed E-state index contributed by atoms with van der Waals surface area (Å²) in [4.78, 5) is 22.7. The van der Waals surface area contributed by atoms with Gasteiger partial charge >= 0.3 is 6.16 Å². The highest BCUT2D eigenvalue weighted by Gasteiger charge is 2.51. The number of carbonyl (C=O) groups is 2. The van der Waals surface area contributed by atoms with Crippen molar-refractivity contribution >= 4 is 31.1 Å². The van der Waals surface area contributed by atoms with Crippen LogP contribution in [-0.2, 0) is 18.7 Å². The van der Waals surface area contributed by atoms with Crippen LogP contribution >= 0.6 is 0 Å². The van der Waals surface area contributed by atoms with E-state index in [1.54, 1.807) is 0 Å². The molecule has 0 unspecified atom stereocenters. The molecule has 0 aromatic heterocycles. The van der Waals surface area contributed by atoms with Crippen LogP contribution in [0.5, 0.6) is 0 Å². The van der Waals surface area contributed by atoms with Crippen molar-refractivity contribution in [2.24, 2.45) is 0 Å². The van der Waals surface area contributed by atoms with E-state index in [1.165, 1.54) is 0 Å². The molecule has 166 valence electrons. The van der Waals surface area contributed by atoms with Crippen LogP contribution in [-0.4, -0.2) is 62.0 Å². The van der Waals surface area contributed by atoms with E-state index in [0.717, 1.165) is 10.4 Å². The molecule has 0 amide bonds. The largest absolute Gasteiger partial charge is 0.509 e. The second kappa shape index (κ2) is 9.31. The Hall–Kier alpha value is -2.52. The maximum Gasteiger partial charge on any atom is 0.509 e. The molecule has 1 aliphatic rings. The van der Waals surface area contributed by atoms with Gasteiger partial charge in [-0.2, -0.15) is 0 Å². The molecule has 1 saturated heterocycles. The van der Waals surface area contributed by atoms with E-state index < -0.39 is 38.9 Å². The summed E-state index contributed by atoms with van der Waals surface area (Å²) >= 11 is 0. The number of aliphatic hydroxyl groups is 2. The number of aliphatic hydroxyl groups excluding tert-OH is 2. The lowest BCUT2D eigenvalue weighted by Crippen LogP contribution is -2.67. The topological polar surface area (TPSA) is 102 Å². The fourth-order valence-electron chi connectivity index (χ4n) is 4.06. The van der Waals surface area contributed by atoms with Gasteiger partial charge in [0.1, 0.15) is 12.2 Å². The van der Waals surface area contributed by atoms with Crippen LogP contribution in [0, 0.1) is 0 Å². The molecule has 7 nitrogen and oxygen atoms in total. The summed E-state index contributed by atoms with van der Waals surface area (Å²) in [6.07, 6.45) is -6.38. The van der Waals surface area contributed by atoms with Gasteiger partial charge in [-0.25, -0.2) is 4.79 Å². The number of benzene rings is 2. The van der Waals surface area contributed by atoms with Gasteiger partial charge in [0, 0.05) is 0 Å². The molecule has 0 saturated carbocycles. The second-order valence-electron chi connectivity index (χ2n) is 8.58. The second-order valence-corrected chi connectivity index (χ2v) is 12.9. The summed E-state index contributed by atoms with van der Waals surface area (Å²) < 4.78 is 16.2. The van der Waals surface area contributed by atoms with Crippen LogP contribution < -0.4 is 10.4 Å². The average Bonchev–Trinajstić information content (AvgIpc) is 2.76. The lowest BCUT2D eigenvalue weighted by atomic mass is 10.0. The summed E-state index contributed by atoms with van der Waals surface area (Å²) in [6.45, 7) is 6.08. The van der Waals surface area contributed by atoms with Gasteiger partial charge in [-0.15, -0.1) is 0 Å². The summed E-state index contributed by atoms with van der Waals surface area (Å²) in [5, 5.41) is 22.8. The third-order valence-corrected chi connectivity index (χ3v) is 10.5. The zero-order chi connectivity index (χ0) is 22.6. The van der Waals surface area contributed by atoms with E-state index in [-0.39, 0.29) is 11.6 Å². The van der Waals surface area contributed by atoms with Gasteiger partial charge in [-0.3, -0.25) is 4.79 Å². The SMILES string of the molecule is CC(C)(C)[Si](OC[C@@H](O)[C@@H]1OC(=O)O[C@H](C=O)[C@H]1O)(c1ccccc1)c1ccccc1.